The van der Waals surface area contributed by atoms with Crippen molar-refractivity contribution in [1.82, 2.24) is 5.32 Å². The number of halogens is 1. The molecule has 5 heteroatoms. The summed E-state index contributed by atoms with van der Waals surface area (Å²) in [5.41, 5.74) is 1.47. The Kier molecular flexibility index (Phi) is 4.69. The first-order valence-corrected chi connectivity index (χ1v) is 5.89. The van der Waals surface area contributed by atoms with Crippen LogP contribution in [0.5, 0.6) is 0 Å². The lowest BCUT2D eigenvalue weighted by molar-refractivity contribution is -0.142. The maximum atomic E-state index is 11.8. The Balaban J connectivity index is 2.79. The number of aryl methyl sites for hydroxylation is 1. The SMILES string of the molecule is COC(=O)C(C)NC(=O)c1cc(C)cc(Br)c1. The van der Waals surface area contributed by atoms with E-state index in [2.05, 4.69) is 26.0 Å². The van der Waals surface area contributed by atoms with Gasteiger partial charge in [-0.05, 0) is 37.6 Å². The van der Waals surface area contributed by atoms with Gasteiger partial charge < -0.3 is 10.1 Å². The van der Waals surface area contributed by atoms with Gasteiger partial charge in [0.05, 0.1) is 7.11 Å². The minimum absolute atomic E-state index is 0.299. The molecule has 1 rings (SSSR count). The van der Waals surface area contributed by atoms with Crippen LogP contribution in [-0.4, -0.2) is 25.0 Å². The van der Waals surface area contributed by atoms with E-state index in [4.69, 9.17) is 0 Å². The van der Waals surface area contributed by atoms with Crippen LogP contribution in [0.4, 0.5) is 0 Å². The molecule has 1 atom stereocenters. The molecule has 4 nitrogen and oxygen atoms in total. The number of nitrogens with one attached hydrogen (secondary N) is 1. The van der Waals surface area contributed by atoms with Crippen LogP contribution in [0.15, 0.2) is 22.7 Å². The molecule has 0 saturated heterocycles. The van der Waals surface area contributed by atoms with Gasteiger partial charge in [0.25, 0.3) is 5.91 Å². The molecule has 1 amide bonds. The maximum Gasteiger partial charge on any atom is 0.328 e. The Morgan fingerprint density at radius 2 is 2.00 bits per heavy atom. The highest BCUT2D eigenvalue weighted by Crippen LogP contribution is 2.15. The van der Waals surface area contributed by atoms with Crippen LogP contribution in [0, 0.1) is 6.92 Å². The van der Waals surface area contributed by atoms with Crippen molar-refractivity contribution < 1.29 is 14.3 Å². The van der Waals surface area contributed by atoms with Gasteiger partial charge in [-0.2, -0.15) is 0 Å². The molecule has 0 fully saturated rings. The number of amides is 1. The summed E-state index contributed by atoms with van der Waals surface area (Å²) in [7, 11) is 1.29. The first-order valence-electron chi connectivity index (χ1n) is 5.10. The number of esters is 1. The molecule has 0 aromatic heterocycles. The molecule has 0 saturated carbocycles. The van der Waals surface area contributed by atoms with Crippen molar-refractivity contribution in [3.8, 4) is 0 Å². The summed E-state index contributed by atoms with van der Waals surface area (Å²) in [6.07, 6.45) is 0. The lowest BCUT2D eigenvalue weighted by Gasteiger charge is -2.12. The summed E-state index contributed by atoms with van der Waals surface area (Å²) < 4.78 is 5.36. The summed E-state index contributed by atoms with van der Waals surface area (Å²) in [5, 5.41) is 2.57. The summed E-state index contributed by atoms with van der Waals surface area (Å²) in [4.78, 5) is 23.0. The molecule has 17 heavy (non-hydrogen) atoms. The zero-order valence-corrected chi connectivity index (χ0v) is 11.5. The normalized spacial score (nSPS) is 11.8. The Hall–Kier alpha value is -1.36. The van der Waals surface area contributed by atoms with Crippen LogP contribution < -0.4 is 5.32 Å². The number of methoxy groups -OCH3 is 1. The zero-order valence-electron chi connectivity index (χ0n) is 9.91. The Morgan fingerprint density at radius 1 is 1.35 bits per heavy atom. The number of hydrogen-bond donors (Lipinski definition) is 1. The van der Waals surface area contributed by atoms with Crippen LogP contribution in [0.3, 0.4) is 0 Å². The Morgan fingerprint density at radius 3 is 2.53 bits per heavy atom. The van der Waals surface area contributed by atoms with Gasteiger partial charge in [-0.25, -0.2) is 4.79 Å². The summed E-state index contributed by atoms with van der Waals surface area (Å²) in [6.45, 7) is 3.47. The predicted octanol–water partition coefficient (Wildman–Crippen LogP) is 2.05. The summed E-state index contributed by atoms with van der Waals surface area (Å²) in [5.74, 6) is -0.766. The molecule has 0 bridgehead atoms. The minimum atomic E-state index is -0.660. The van der Waals surface area contributed by atoms with Crippen molar-refractivity contribution in [2.24, 2.45) is 0 Å². The second-order valence-electron chi connectivity index (χ2n) is 3.74. The fourth-order valence-corrected chi connectivity index (χ4v) is 1.99. The van der Waals surface area contributed by atoms with Gasteiger partial charge in [0.2, 0.25) is 0 Å². The van der Waals surface area contributed by atoms with Crippen LogP contribution in [0.1, 0.15) is 22.8 Å². The van der Waals surface area contributed by atoms with Crippen LogP contribution in [0.2, 0.25) is 0 Å². The third-order valence-electron chi connectivity index (χ3n) is 2.21. The van der Waals surface area contributed by atoms with E-state index in [1.807, 2.05) is 13.0 Å². The fourth-order valence-electron chi connectivity index (χ4n) is 1.38. The van der Waals surface area contributed by atoms with Gasteiger partial charge in [0.15, 0.2) is 0 Å². The van der Waals surface area contributed by atoms with Gasteiger partial charge >= 0.3 is 5.97 Å². The van der Waals surface area contributed by atoms with E-state index in [0.29, 0.717) is 5.56 Å². The molecule has 92 valence electrons. The van der Waals surface area contributed by atoms with Gasteiger partial charge in [0, 0.05) is 10.0 Å². The van der Waals surface area contributed by atoms with Crippen LogP contribution >= 0.6 is 15.9 Å². The average molecular weight is 300 g/mol. The average Bonchev–Trinajstić information content (AvgIpc) is 2.26. The molecule has 0 heterocycles. The fraction of sp³-hybridized carbons (Fsp3) is 0.333. The number of rotatable bonds is 3. The van der Waals surface area contributed by atoms with Gasteiger partial charge in [-0.1, -0.05) is 15.9 Å². The predicted molar refractivity (Wildman–Crippen MR) is 67.8 cm³/mol. The molecule has 0 radical (unpaired) electrons. The van der Waals surface area contributed by atoms with E-state index >= 15 is 0 Å². The minimum Gasteiger partial charge on any atom is -0.467 e. The number of carbonyl (C=O) groups is 2. The number of carbonyl (C=O) groups excluding carboxylic acids is 2. The number of hydrogen-bond acceptors (Lipinski definition) is 3. The van der Waals surface area contributed by atoms with E-state index in [1.54, 1.807) is 19.1 Å². The molecule has 0 spiro atoms. The third kappa shape index (κ3) is 3.85. The van der Waals surface area contributed by atoms with Crippen molar-refractivity contribution in [2.45, 2.75) is 19.9 Å². The highest BCUT2D eigenvalue weighted by atomic mass is 79.9. The molecule has 0 aliphatic heterocycles. The van der Waals surface area contributed by atoms with Crippen LogP contribution in [0.25, 0.3) is 0 Å². The first-order chi connectivity index (χ1) is 7.93. The zero-order chi connectivity index (χ0) is 13.0. The number of benzene rings is 1. The third-order valence-corrected chi connectivity index (χ3v) is 2.66. The van der Waals surface area contributed by atoms with E-state index in [-0.39, 0.29) is 5.91 Å². The molecule has 1 aromatic carbocycles. The lowest BCUT2D eigenvalue weighted by Crippen LogP contribution is -2.39. The second kappa shape index (κ2) is 5.82. The smallest absolute Gasteiger partial charge is 0.328 e. The van der Waals surface area contributed by atoms with Crippen molar-refractivity contribution in [3.05, 3.63) is 33.8 Å². The van der Waals surface area contributed by atoms with Crippen LogP contribution in [-0.2, 0) is 9.53 Å². The summed E-state index contributed by atoms with van der Waals surface area (Å²) >= 11 is 3.32. The van der Waals surface area contributed by atoms with Crippen molar-refractivity contribution in [1.29, 1.82) is 0 Å². The topological polar surface area (TPSA) is 55.4 Å². The van der Waals surface area contributed by atoms with Crippen molar-refractivity contribution in [3.63, 3.8) is 0 Å². The molecule has 1 N–H and O–H groups in total. The molecular weight excluding hydrogens is 286 g/mol. The Labute approximate surface area is 108 Å². The highest BCUT2D eigenvalue weighted by Gasteiger charge is 2.17. The second-order valence-corrected chi connectivity index (χ2v) is 4.65. The van der Waals surface area contributed by atoms with E-state index < -0.39 is 12.0 Å². The molecule has 0 aliphatic carbocycles. The molecule has 0 aliphatic rings. The van der Waals surface area contributed by atoms with Gasteiger partial charge in [0.1, 0.15) is 6.04 Å². The van der Waals surface area contributed by atoms with Crippen molar-refractivity contribution >= 4 is 27.8 Å². The van der Waals surface area contributed by atoms with E-state index in [0.717, 1.165) is 10.0 Å². The standard InChI is InChI=1S/C12H14BrNO3/c1-7-4-9(6-10(13)5-7)11(15)14-8(2)12(16)17-3/h4-6,8H,1-3H3,(H,14,15). The lowest BCUT2D eigenvalue weighted by atomic mass is 10.1. The maximum absolute atomic E-state index is 11.8. The largest absolute Gasteiger partial charge is 0.467 e. The molecule has 1 unspecified atom stereocenters. The highest BCUT2D eigenvalue weighted by molar-refractivity contribution is 9.10. The molecule has 1 aromatic rings. The van der Waals surface area contributed by atoms with E-state index in [9.17, 15) is 9.59 Å². The Bertz CT molecular complexity index is 425. The first kappa shape index (κ1) is 13.7. The number of ether oxygens (including phenoxy) is 1. The van der Waals surface area contributed by atoms with Gasteiger partial charge in [-0.3, -0.25) is 4.79 Å². The molecular formula is C12H14BrNO3. The van der Waals surface area contributed by atoms with Gasteiger partial charge in [-0.15, -0.1) is 0 Å². The monoisotopic (exact) mass is 299 g/mol. The van der Waals surface area contributed by atoms with Crippen molar-refractivity contribution in [2.75, 3.05) is 7.11 Å². The summed E-state index contributed by atoms with van der Waals surface area (Å²) in [6, 6.07) is 4.70. The van der Waals surface area contributed by atoms with E-state index in [1.165, 1.54) is 7.11 Å². The quantitative estimate of drug-likeness (QED) is 0.869.